The molecule has 4 nitrogen and oxygen atoms in total. The molecule has 1 aromatic heterocycles. The van der Waals surface area contributed by atoms with Crippen molar-refractivity contribution in [3.8, 4) is 0 Å². The van der Waals surface area contributed by atoms with E-state index in [1.165, 1.54) is 5.56 Å². The minimum absolute atomic E-state index is 0.209. The van der Waals surface area contributed by atoms with Crippen LogP contribution in [0.2, 0.25) is 5.02 Å². The summed E-state index contributed by atoms with van der Waals surface area (Å²) in [6.45, 7) is 3.12. The number of halogens is 2. The number of aryl methyl sites for hydroxylation is 1. The number of aromatic nitrogens is 3. The lowest BCUT2D eigenvalue weighted by Crippen LogP contribution is -2.24. The fraction of sp³-hybridized carbons (Fsp3) is 0.429. The van der Waals surface area contributed by atoms with Gasteiger partial charge < -0.3 is 5.32 Å². The van der Waals surface area contributed by atoms with Crippen molar-refractivity contribution in [3.63, 3.8) is 0 Å². The maximum absolute atomic E-state index is 6.06. The molecule has 0 amide bonds. The molecular formula is C14H18BrClN4. The molecule has 0 saturated carbocycles. The number of hydrogen-bond acceptors (Lipinski definition) is 3. The fourth-order valence-corrected chi connectivity index (χ4v) is 2.57. The Morgan fingerprint density at radius 3 is 2.85 bits per heavy atom. The number of nitrogens with zero attached hydrogens (tertiary/aromatic N) is 3. The molecule has 0 bridgehead atoms. The molecule has 0 fully saturated rings. The van der Waals surface area contributed by atoms with E-state index in [1.807, 2.05) is 19.3 Å². The second-order valence-corrected chi connectivity index (χ2v) is 6.03. The van der Waals surface area contributed by atoms with Gasteiger partial charge in [0.1, 0.15) is 0 Å². The van der Waals surface area contributed by atoms with Crippen LogP contribution in [0.4, 0.5) is 0 Å². The minimum Gasteiger partial charge on any atom is -0.310 e. The molecular weight excluding hydrogens is 340 g/mol. The molecule has 2 aromatic rings. The van der Waals surface area contributed by atoms with Crippen molar-refractivity contribution < 1.29 is 0 Å². The molecule has 0 aliphatic rings. The number of hydrogen-bond donors (Lipinski definition) is 1. The largest absolute Gasteiger partial charge is 0.310 e. The maximum Gasteiger partial charge on any atom is 0.0845 e. The van der Waals surface area contributed by atoms with Crippen LogP contribution in [-0.2, 0) is 13.5 Å². The summed E-state index contributed by atoms with van der Waals surface area (Å²) in [5, 5.41) is 12.4. The Labute approximate surface area is 132 Å². The highest BCUT2D eigenvalue weighted by atomic mass is 79.9. The predicted octanol–water partition coefficient (Wildman–Crippen LogP) is 3.51. The SMILES string of the molecule is CCCNC(Cc1cn(C)nn1)c1ccc(Cl)c(Br)c1. The van der Waals surface area contributed by atoms with Crippen LogP contribution in [-0.4, -0.2) is 21.5 Å². The van der Waals surface area contributed by atoms with Gasteiger partial charge in [-0.1, -0.05) is 29.8 Å². The third kappa shape index (κ3) is 4.04. The molecule has 20 heavy (non-hydrogen) atoms. The van der Waals surface area contributed by atoms with Crippen LogP contribution in [0.1, 0.15) is 30.6 Å². The average Bonchev–Trinajstić information content (AvgIpc) is 2.83. The van der Waals surface area contributed by atoms with Gasteiger partial charge in [-0.3, -0.25) is 4.68 Å². The van der Waals surface area contributed by atoms with Gasteiger partial charge in [-0.2, -0.15) is 0 Å². The molecule has 0 radical (unpaired) electrons. The summed E-state index contributed by atoms with van der Waals surface area (Å²) in [6.07, 6.45) is 3.85. The quantitative estimate of drug-likeness (QED) is 0.860. The summed E-state index contributed by atoms with van der Waals surface area (Å²) in [7, 11) is 1.88. The zero-order chi connectivity index (χ0) is 14.5. The average molecular weight is 358 g/mol. The fourth-order valence-electron chi connectivity index (χ4n) is 2.05. The standard InChI is InChI=1S/C14H18BrClN4/c1-3-6-17-14(8-11-9-20(2)19-18-11)10-4-5-13(16)12(15)7-10/h4-5,7,9,14,17H,3,6,8H2,1-2H3. The van der Waals surface area contributed by atoms with Gasteiger partial charge >= 0.3 is 0 Å². The van der Waals surface area contributed by atoms with E-state index in [0.29, 0.717) is 0 Å². The molecule has 0 aliphatic carbocycles. The third-order valence-electron chi connectivity index (χ3n) is 3.05. The zero-order valence-electron chi connectivity index (χ0n) is 11.6. The summed E-state index contributed by atoms with van der Waals surface area (Å²) >= 11 is 9.54. The summed E-state index contributed by atoms with van der Waals surface area (Å²) in [4.78, 5) is 0. The highest BCUT2D eigenvalue weighted by molar-refractivity contribution is 9.10. The van der Waals surface area contributed by atoms with Crippen LogP contribution >= 0.6 is 27.5 Å². The Balaban J connectivity index is 2.19. The van der Waals surface area contributed by atoms with Gasteiger partial charge in [0.25, 0.3) is 0 Å². The molecule has 1 aromatic carbocycles. The summed E-state index contributed by atoms with van der Waals surface area (Å²) in [6, 6.07) is 6.24. The number of rotatable bonds is 6. The van der Waals surface area contributed by atoms with E-state index in [9.17, 15) is 0 Å². The van der Waals surface area contributed by atoms with Gasteiger partial charge in [0.15, 0.2) is 0 Å². The molecule has 2 rings (SSSR count). The highest BCUT2D eigenvalue weighted by Gasteiger charge is 2.14. The van der Waals surface area contributed by atoms with E-state index in [0.717, 1.165) is 34.6 Å². The maximum atomic E-state index is 6.06. The van der Waals surface area contributed by atoms with Gasteiger partial charge in [-0.25, -0.2) is 0 Å². The molecule has 0 spiro atoms. The van der Waals surface area contributed by atoms with Crippen LogP contribution in [0.5, 0.6) is 0 Å². The van der Waals surface area contributed by atoms with Gasteiger partial charge in [0.05, 0.1) is 10.7 Å². The van der Waals surface area contributed by atoms with Gasteiger partial charge in [-0.05, 0) is 46.6 Å². The molecule has 1 N–H and O–H groups in total. The third-order valence-corrected chi connectivity index (χ3v) is 4.26. The van der Waals surface area contributed by atoms with Crippen molar-refractivity contribution in [2.75, 3.05) is 6.54 Å². The monoisotopic (exact) mass is 356 g/mol. The Morgan fingerprint density at radius 1 is 1.45 bits per heavy atom. The Bertz CT molecular complexity index is 570. The van der Waals surface area contributed by atoms with Gasteiger partial charge in [-0.15, -0.1) is 5.10 Å². The van der Waals surface area contributed by atoms with Crippen LogP contribution in [0.15, 0.2) is 28.9 Å². The molecule has 1 atom stereocenters. The Hall–Kier alpha value is -0.910. The van der Waals surface area contributed by atoms with Crippen LogP contribution < -0.4 is 5.32 Å². The lowest BCUT2D eigenvalue weighted by atomic mass is 10.0. The lowest BCUT2D eigenvalue weighted by molar-refractivity contribution is 0.524. The van der Waals surface area contributed by atoms with E-state index in [1.54, 1.807) is 4.68 Å². The summed E-state index contributed by atoms with van der Waals surface area (Å²) < 4.78 is 2.64. The van der Waals surface area contributed by atoms with Crippen molar-refractivity contribution in [1.29, 1.82) is 0 Å². The van der Waals surface area contributed by atoms with E-state index in [-0.39, 0.29) is 6.04 Å². The molecule has 0 aliphatic heterocycles. The topological polar surface area (TPSA) is 42.7 Å². The minimum atomic E-state index is 0.209. The molecule has 6 heteroatoms. The van der Waals surface area contributed by atoms with E-state index < -0.39 is 0 Å². The first-order valence-corrected chi connectivity index (χ1v) is 7.80. The van der Waals surface area contributed by atoms with Crippen molar-refractivity contribution in [3.05, 3.63) is 45.1 Å². The zero-order valence-corrected chi connectivity index (χ0v) is 13.9. The molecule has 1 heterocycles. The predicted molar refractivity (Wildman–Crippen MR) is 84.9 cm³/mol. The molecule has 1 unspecified atom stereocenters. The summed E-state index contributed by atoms with van der Waals surface area (Å²) in [5.74, 6) is 0. The lowest BCUT2D eigenvalue weighted by Gasteiger charge is -2.18. The van der Waals surface area contributed by atoms with Crippen LogP contribution in [0, 0.1) is 0 Å². The van der Waals surface area contributed by atoms with Crippen molar-refractivity contribution >= 4 is 27.5 Å². The number of benzene rings is 1. The van der Waals surface area contributed by atoms with E-state index >= 15 is 0 Å². The smallest absolute Gasteiger partial charge is 0.0845 e. The first kappa shape index (κ1) is 15.5. The van der Waals surface area contributed by atoms with Crippen molar-refractivity contribution in [2.24, 2.45) is 7.05 Å². The van der Waals surface area contributed by atoms with Crippen molar-refractivity contribution in [2.45, 2.75) is 25.8 Å². The Morgan fingerprint density at radius 2 is 2.25 bits per heavy atom. The normalized spacial score (nSPS) is 12.6. The van der Waals surface area contributed by atoms with Crippen molar-refractivity contribution in [1.82, 2.24) is 20.3 Å². The van der Waals surface area contributed by atoms with Crippen LogP contribution in [0.3, 0.4) is 0 Å². The van der Waals surface area contributed by atoms with E-state index in [4.69, 9.17) is 11.6 Å². The first-order chi connectivity index (χ1) is 9.60. The first-order valence-electron chi connectivity index (χ1n) is 6.63. The molecule has 108 valence electrons. The highest BCUT2D eigenvalue weighted by Crippen LogP contribution is 2.27. The second-order valence-electron chi connectivity index (χ2n) is 4.77. The molecule has 0 saturated heterocycles. The number of nitrogens with one attached hydrogen (secondary N) is 1. The Kier molecular flexibility index (Phi) is 5.57. The van der Waals surface area contributed by atoms with Crippen LogP contribution in [0.25, 0.3) is 0 Å². The second kappa shape index (κ2) is 7.20. The van der Waals surface area contributed by atoms with E-state index in [2.05, 4.69) is 50.6 Å². The van der Waals surface area contributed by atoms with Gasteiger partial charge in [0, 0.05) is 30.2 Å². The van der Waals surface area contributed by atoms with Gasteiger partial charge in [0.2, 0.25) is 0 Å². The summed E-state index contributed by atoms with van der Waals surface area (Å²) in [5.41, 5.74) is 2.17.